The summed E-state index contributed by atoms with van der Waals surface area (Å²) in [5.41, 5.74) is 0. The normalized spacial score (nSPS) is 28.1. The molecule has 19 heavy (non-hydrogen) atoms. The summed E-state index contributed by atoms with van der Waals surface area (Å²) in [5, 5.41) is 11.9. The maximum absolute atomic E-state index is 12.4. The summed E-state index contributed by atoms with van der Waals surface area (Å²) >= 11 is 0. The van der Waals surface area contributed by atoms with Gasteiger partial charge in [-0.15, -0.1) is 0 Å². The largest absolute Gasteiger partial charge is 0.481 e. The average molecular weight is 270 g/mol. The zero-order valence-electron chi connectivity index (χ0n) is 11.1. The van der Waals surface area contributed by atoms with Crippen molar-refractivity contribution in [2.75, 3.05) is 26.2 Å². The monoisotopic (exact) mass is 270 g/mol. The molecule has 0 spiro atoms. The fourth-order valence-corrected chi connectivity index (χ4v) is 2.79. The highest BCUT2D eigenvalue weighted by atomic mass is 16.5. The lowest BCUT2D eigenvalue weighted by atomic mass is 9.97. The Hall–Kier alpha value is -1.14. The third-order valence-electron chi connectivity index (χ3n) is 3.80. The predicted octanol–water partition coefficient (Wildman–Crippen LogP) is 0.221. The molecule has 0 bridgehead atoms. The zero-order chi connectivity index (χ0) is 13.7. The molecule has 1 amide bonds. The Labute approximate surface area is 113 Å². The molecule has 0 radical (unpaired) electrons. The molecule has 6 heteroatoms. The second-order valence-electron chi connectivity index (χ2n) is 5.18. The van der Waals surface area contributed by atoms with Gasteiger partial charge in [0.15, 0.2) is 0 Å². The van der Waals surface area contributed by atoms with Gasteiger partial charge in [-0.25, -0.2) is 0 Å². The van der Waals surface area contributed by atoms with Crippen LogP contribution in [-0.2, 0) is 14.3 Å². The Morgan fingerprint density at radius 2 is 2.21 bits per heavy atom. The molecular formula is C13H22N2O4. The number of aliphatic carboxylic acids is 1. The van der Waals surface area contributed by atoms with E-state index in [0.717, 1.165) is 32.4 Å². The van der Waals surface area contributed by atoms with E-state index in [1.165, 1.54) is 0 Å². The fraction of sp³-hybridized carbons (Fsp3) is 0.846. The number of ether oxygens (including phenoxy) is 1. The summed E-state index contributed by atoms with van der Waals surface area (Å²) in [7, 11) is 0. The summed E-state index contributed by atoms with van der Waals surface area (Å²) in [6.45, 7) is 2.63. The number of rotatable bonds is 4. The molecular weight excluding hydrogens is 248 g/mol. The topological polar surface area (TPSA) is 78.9 Å². The van der Waals surface area contributed by atoms with E-state index in [2.05, 4.69) is 5.32 Å². The van der Waals surface area contributed by atoms with E-state index in [4.69, 9.17) is 9.84 Å². The highest BCUT2D eigenvalue weighted by Gasteiger charge is 2.32. The van der Waals surface area contributed by atoms with Crippen molar-refractivity contribution in [3.63, 3.8) is 0 Å². The van der Waals surface area contributed by atoms with Crippen molar-refractivity contribution in [3.05, 3.63) is 0 Å². The highest BCUT2D eigenvalue weighted by Crippen LogP contribution is 2.22. The Balaban J connectivity index is 1.93. The maximum atomic E-state index is 12.4. The van der Waals surface area contributed by atoms with Crippen LogP contribution in [0.5, 0.6) is 0 Å². The van der Waals surface area contributed by atoms with Crippen LogP contribution in [0.25, 0.3) is 0 Å². The van der Waals surface area contributed by atoms with E-state index in [9.17, 15) is 9.59 Å². The van der Waals surface area contributed by atoms with Crippen LogP contribution in [-0.4, -0.2) is 60.3 Å². The van der Waals surface area contributed by atoms with E-state index in [1.54, 1.807) is 0 Å². The first-order valence-corrected chi connectivity index (χ1v) is 7.03. The number of piperidine rings is 1. The number of carbonyl (C=O) groups is 2. The van der Waals surface area contributed by atoms with Crippen LogP contribution in [0.15, 0.2) is 0 Å². The molecule has 6 nitrogen and oxygen atoms in total. The molecule has 0 saturated carbocycles. The number of hydrogen-bond acceptors (Lipinski definition) is 4. The zero-order valence-corrected chi connectivity index (χ0v) is 11.1. The van der Waals surface area contributed by atoms with Gasteiger partial charge in [0.05, 0.1) is 6.61 Å². The molecule has 2 aliphatic heterocycles. The molecule has 2 rings (SSSR count). The van der Waals surface area contributed by atoms with Crippen LogP contribution in [0.3, 0.4) is 0 Å². The summed E-state index contributed by atoms with van der Waals surface area (Å²) in [6, 6.07) is 0.0582. The minimum Gasteiger partial charge on any atom is -0.481 e. The van der Waals surface area contributed by atoms with E-state index in [-0.39, 0.29) is 18.4 Å². The first-order chi connectivity index (χ1) is 9.18. The van der Waals surface area contributed by atoms with Crippen molar-refractivity contribution < 1.29 is 19.4 Å². The Bertz CT molecular complexity index is 329. The number of hydrogen-bond donors (Lipinski definition) is 2. The van der Waals surface area contributed by atoms with Gasteiger partial charge in [-0.05, 0) is 25.7 Å². The van der Waals surface area contributed by atoms with E-state index < -0.39 is 12.1 Å². The summed E-state index contributed by atoms with van der Waals surface area (Å²) in [5.74, 6) is -0.782. The molecule has 0 aromatic heterocycles. The Morgan fingerprint density at radius 1 is 1.37 bits per heavy atom. The third-order valence-corrected chi connectivity index (χ3v) is 3.80. The van der Waals surface area contributed by atoms with E-state index >= 15 is 0 Å². The van der Waals surface area contributed by atoms with Crippen molar-refractivity contribution in [1.82, 2.24) is 10.2 Å². The summed E-state index contributed by atoms with van der Waals surface area (Å²) in [6.07, 6.45) is 3.23. The second kappa shape index (κ2) is 6.86. The third kappa shape index (κ3) is 3.91. The van der Waals surface area contributed by atoms with Gasteiger partial charge in [0.1, 0.15) is 6.10 Å². The molecule has 2 unspecified atom stereocenters. The number of nitrogens with one attached hydrogen (secondary N) is 1. The van der Waals surface area contributed by atoms with Crippen molar-refractivity contribution in [2.45, 2.75) is 44.2 Å². The Kier molecular flexibility index (Phi) is 5.15. The molecule has 0 aromatic carbocycles. The van der Waals surface area contributed by atoms with Crippen LogP contribution in [0, 0.1) is 0 Å². The van der Waals surface area contributed by atoms with Gasteiger partial charge in [0.2, 0.25) is 0 Å². The van der Waals surface area contributed by atoms with Gasteiger partial charge in [-0.2, -0.15) is 0 Å². The lowest BCUT2D eigenvalue weighted by Gasteiger charge is -2.38. The predicted molar refractivity (Wildman–Crippen MR) is 68.8 cm³/mol. The molecule has 2 N–H and O–H groups in total. The van der Waals surface area contributed by atoms with Crippen molar-refractivity contribution >= 4 is 11.9 Å². The minimum atomic E-state index is -0.798. The maximum Gasteiger partial charge on any atom is 0.303 e. The van der Waals surface area contributed by atoms with Crippen LogP contribution in [0.4, 0.5) is 0 Å². The summed E-state index contributed by atoms with van der Waals surface area (Å²) < 4.78 is 5.50. The van der Waals surface area contributed by atoms with Gasteiger partial charge >= 0.3 is 5.97 Å². The van der Waals surface area contributed by atoms with Crippen LogP contribution in [0.1, 0.15) is 32.1 Å². The van der Waals surface area contributed by atoms with Crippen molar-refractivity contribution in [3.8, 4) is 0 Å². The first-order valence-electron chi connectivity index (χ1n) is 7.03. The van der Waals surface area contributed by atoms with E-state index in [1.807, 2.05) is 4.90 Å². The number of carbonyl (C=O) groups excluding carboxylic acids is 1. The number of morpholine rings is 1. The molecule has 2 aliphatic rings. The van der Waals surface area contributed by atoms with Crippen molar-refractivity contribution in [1.29, 1.82) is 0 Å². The minimum absolute atomic E-state index is 0.0160. The highest BCUT2D eigenvalue weighted by molar-refractivity contribution is 5.81. The van der Waals surface area contributed by atoms with Gasteiger partial charge in [-0.1, -0.05) is 0 Å². The number of nitrogens with zero attached hydrogens (tertiary/aromatic N) is 1. The average Bonchev–Trinajstić information content (AvgIpc) is 2.45. The van der Waals surface area contributed by atoms with E-state index in [0.29, 0.717) is 19.6 Å². The number of carboxylic acid groups (broad SMARTS) is 1. The SMILES string of the molecule is O=C(O)CCC1CCCCN1C(=O)C1CNCCO1. The first kappa shape index (κ1) is 14.3. The van der Waals surface area contributed by atoms with Gasteiger partial charge in [0.25, 0.3) is 5.91 Å². The van der Waals surface area contributed by atoms with Crippen LogP contribution in [0.2, 0.25) is 0 Å². The standard InChI is InChI=1S/C13H22N2O4/c16-12(17)5-4-10-3-1-2-7-15(10)13(18)11-9-14-6-8-19-11/h10-11,14H,1-9H2,(H,16,17). The van der Waals surface area contributed by atoms with Crippen LogP contribution < -0.4 is 5.32 Å². The molecule has 2 fully saturated rings. The number of carboxylic acids is 1. The molecule has 0 aromatic rings. The van der Waals surface area contributed by atoms with Crippen LogP contribution >= 0.6 is 0 Å². The van der Waals surface area contributed by atoms with Gasteiger partial charge in [-0.3, -0.25) is 9.59 Å². The Morgan fingerprint density at radius 3 is 2.89 bits per heavy atom. The number of amides is 1. The smallest absolute Gasteiger partial charge is 0.303 e. The number of likely N-dealkylation sites (tertiary alicyclic amines) is 1. The quantitative estimate of drug-likeness (QED) is 0.764. The fourth-order valence-electron chi connectivity index (χ4n) is 2.79. The molecule has 108 valence electrons. The molecule has 2 atom stereocenters. The lowest BCUT2D eigenvalue weighted by Crippen LogP contribution is -2.53. The molecule has 2 saturated heterocycles. The van der Waals surface area contributed by atoms with Crippen molar-refractivity contribution in [2.24, 2.45) is 0 Å². The summed E-state index contributed by atoms with van der Waals surface area (Å²) in [4.78, 5) is 24.9. The molecule has 0 aliphatic carbocycles. The van der Waals surface area contributed by atoms with Gasteiger partial charge < -0.3 is 20.1 Å². The lowest BCUT2D eigenvalue weighted by molar-refractivity contribution is -0.150. The second-order valence-corrected chi connectivity index (χ2v) is 5.18. The molecule has 2 heterocycles. The van der Waals surface area contributed by atoms with Gasteiger partial charge in [0, 0.05) is 32.1 Å².